The third-order valence-electron chi connectivity index (χ3n) is 3.95. The molecule has 1 fully saturated rings. The number of carbonyl (C=O) groups excluding carboxylic acids is 2. The highest BCUT2D eigenvalue weighted by Crippen LogP contribution is 2.18. The maximum atomic E-state index is 12.0. The minimum Gasteiger partial charge on any atom is -0.494 e. The van der Waals surface area contributed by atoms with Crippen LogP contribution in [0, 0.1) is 5.92 Å². The highest BCUT2D eigenvalue weighted by molar-refractivity contribution is 5.95. The fraction of sp³-hybridized carbons (Fsp3) is 0.529. The number of carbonyl (C=O) groups is 2. The average molecular weight is 335 g/mol. The molecule has 2 amide bonds. The fourth-order valence-electron chi connectivity index (χ4n) is 2.58. The van der Waals surface area contributed by atoms with Crippen molar-refractivity contribution in [2.75, 3.05) is 31.7 Å². The standard InChI is InChI=1S/C17H25N3O4/c1-2-24-14-5-3-13(4-6-14)20-15(21)11-19-17(22)16(18)12-7-9-23-10-8-12/h3-6,12,16H,2,7-11,18H2,1H3,(H,19,22)(H,20,21). The van der Waals surface area contributed by atoms with Gasteiger partial charge in [0.25, 0.3) is 0 Å². The molecule has 7 heteroatoms. The molecule has 4 N–H and O–H groups in total. The van der Waals surface area contributed by atoms with E-state index in [0.717, 1.165) is 18.6 Å². The van der Waals surface area contributed by atoms with E-state index in [1.54, 1.807) is 24.3 Å². The Hall–Kier alpha value is -2.12. The van der Waals surface area contributed by atoms with Crippen molar-refractivity contribution in [1.82, 2.24) is 5.32 Å². The monoisotopic (exact) mass is 335 g/mol. The van der Waals surface area contributed by atoms with Crippen LogP contribution in [0.1, 0.15) is 19.8 Å². The quantitative estimate of drug-likeness (QED) is 0.687. The SMILES string of the molecule is CCOc1ccc(NC(=O)CNC(=O)C(N)C2CCOCC2)cc1. The van der Waals surface area contributed by atoms with Crippen molar-refractivity contribution in [1.29, 1.82) is 0 Å². The fourth-order valence-corrected chi connectivity index (χ4v) is 2.58. The molecule has 1 atom stereocenters. The lowest BCUT2D eigenvalue weighted by molar-refractivity contribution is -0.126. The van der Waals surface area contributed by atoms with E-state index in [4.69, 9.17) is 15.2 Å². The number of hydrogen-bond donors (Lipinski definition) is 3. The van der Waals surface area contributed by atoms with Gasteiger partial charge in [-0.3, -0.25) is 9.59 Å². The summed E-state index contributed by atoms with van der Waals surface area (Å²) in [6.45, 7) is 3.64. The van der Waals surface area contributed by atoms with Gasteiger partial charge in [0.1, 0.15) is 5.75 Å². The predicted molar refractivity (Wildman–Crippen MR) is 90.8 cm³/mol. The topological polar surface area (TPSA) is 103 Å². The van der Waals surface area contributed by atoms with Crippen LogP contribution in [0.2, 0.25) is 0 Å². The number of amides is 2. The number of ether oxygens (including phenoxy) is 2. The molecule has 24 heavy (non-hydrogen) atoms. The molecule has 1 aromatic carbocycles. The second kappa shape index (κ2) is 9.24. The first kappa shape index (κ1) is 18.2. The lowest BCUT2D eigenvalue weighted by Crippen LogP contribution is -2.48. The van der Waals surface area contributed by atoms with Crippen LogP contribution in [0.5, 0.6) is 5.75 Å². The van der Waals surface area contributed by atoms with Crippen LogP contribution in [0.4, 0.5) is 5.69 Å². The minimum absolute atomic E-state index is 0.105. The Kier molecular flexibility index (Phi) is 7.02. The normalized spacial score (nSPS) is 16.2. The summed E-state index contributed by atoms with van der Waals surface area (Å²) in [6, 6.07) is 6.45. The number of nitrogens with two attached hydrogens (primary N) is 1. The zero-order valence-corrected chi connectivity index (χ0v) is 13.9. The lowest BCUT2D eigenvalue weighted by Gasteiger charge is -2.26. The van der Waals surface area contributed by atoms with Gasteiger partial charge in [0.15, 0.2) is 0 Å². The van der Waals surface area contributed by atoms with Gasteiger partial charge >= 0.3 is 0 Å². The van der Waals surface area contributed by atoms with Gasteiger partial charge in [-0.2, -0.15) is 0 Å². The molecule has 0 saturated carbocycles. The Balaban J connectivity index is 1.74. The summed E-state index contributed by atoms with van der Waals surface area (Å²) in [5.41, 5.74) is 6.61. The Morgan fingerprint density at radius 3 is 2.58 bits per heavy atom. The third kappa shape index (κ3) is 5.50. The third-order valence-corrected chi connectivity index (χ3v) is 3.95. The van der Waals surface area contributed by atoms with Gasteiger partial charge in [-0.25, -0.2) is 0 Å². The largest absolute Gasteiger partial charge is 0.494 e. The van der Waals surface area contributed by atoms with Crippen LogP contribution in [-0.2, 0) is 14.3 Å². The first-order valence-corrected chi connectivity index (χ1v) is 8.24. The summed E-state index contributed by atoms with van der Waals surface area (Å²) >= 11 is 0. The zero-order chi connectivity index (χ0) is 17.4. The Morgan fingerprint density at radius 2 is 1.96 bits per heavy atom. The first-order valence-electron chi connectivity index (χ1n) is 8.24. The molecule has 1 aromatic rings. The Bertz CT molecular complexity index is 541. The van der Waals surface area contributed by atoms with Crippen LogP contribution < -0.4 is 21.1 Å². The number of nitrogens with one attached hydrogen (secondary N) is 2. The van der Waals surface area contributed by atoms with Crippen molar-refractivity contribution in [2.45, 2.75) is 25.8 Å². The second-order valence-electron chi connectivity index (χ2n) is 5.70. The zero-order valence-electron chi connectivity index (χ0n) is 13.9. The summed E-state index contributed by atoms with van der Waals surface area (Å²) in [5, 5.41) is 5.30. The Labute approximate surface area is 141 Å². The molecule has 0 aromatic heterocycles. The van der Waals surface area contributed by atoms with Crippen molar-refractivity contribution < 1.29 is 19.1 Å². The van der Waals surface area contributed by atoms with Crippen molar-refractivity contribution in [3.05, 3.63) is 24.3 Å². The van der Waals surface area contributed by atoms with E-state index in [2.05, 4.69) is 10.6 Å². The van der Waals surface area contributed by atoms with Crippen molar-refractivity contribution in [2.24, 2.45) is 11.7 Å². The molecule has 1 aliphatic heterocycles. The number of anilines is 1. The second-order valence-corrected chi connectivity index (χ2v) is 5.70. The molecule has 7 nitrogen and oxygen atoms in total. The minimum atomic E-state index is -0.604. The smallest absolute Gasteiger partial charge is 0.243 e. The molecular formula is C17H25N3O4. The van der Waals surface area contributed by atoms with Crippen molar-refractivity contribution >= 4 is 17.5 Å². The average Bonchev–Trinajstić information content (AvgIpc) is 2.61. The summed E-state index contributed by atoms with van der Waals surface area (Å²) in [7, 11) is 0. The van der Waals surface area contributed by atoms with Crippen LogP contribution in [0.3, 0.4) is 0 Å². The van der Waals surface area contributed by atoms with E-state index in [1.807, 2.05) is 6.92 Å². The number of hydrogen-bond acceptors (Lipinski definition) is 5. The van der Waals surface area contributed by atoms with Crippen LogP contribution in [-0.4, -0.2) is 44.2 Å². The van der Waals surface area contributed by atoms with Gasteiger partial charge in [-0.1, -0.05) is 0 Å². The van der Waals surface area contributed by atoms with E-state index in [9.17, 15) is 9.59 Å². The van der Waals surface area contributed by atoms with Gasteiger partial charge in [0.2, 0.25) is 11.8 Å². The van der Waals surface area contributed by atoms with Crippen LogP contribution in [0.25, 0.3) is 0 Å². The van der Waals surface area contributed by atoms with Gasteiger partial charge in [0, 0.05) is 18.9 Å². The summed E-state index contributed by atoms with van der Waals surface area (Å²) in [5.74, 6) is 0.245. The molecular weight excluding hydrogens is 310 g/mol. The molecule has 1 saturated heterocycles. The number of benzene rings is 1. The summed E-state index contributed by atoms with van der Waals surface area (Å²) in [6.07, 6.45) is 1.54. The van der Waals surface area contributed by atoms with Crippen LogP contribution in [0.15, 0.2) is 24.3 Å². The molecule has 132 valence electrons. The van der Waals surface area contributed by atoms with E-state index in [1.165, 1.54) is 0 Å². The Morgan fingerprint density at radius 1 is 1.29 bits per heavy atom. The molecule has 1 heterocycles. The van der Waals surface area contributed by atoms with Crippen molar-refractivity contribution in [3.63, 3.8) is 0 Å². The molecule has 0 bridgehead atoms. The lowest BCUT2D eigenvalue weighted by atomic mass is 9.92. The van der Waals surface area contributed by atoms with E-state index < -0.39 is 6.04 Å². The maximum absolute atomic E-state index is 12.0. The van der Waals surface area contributed by atoms with Gasteiger partial charge in [0.05, 0.1) is 19.2 Å². The van der Waals surface area contributed by atoms with Crippen LogP contribution >= 0.6 is 0 Å². The molecule has 0 radical (unpaired) electrons. The van der Waals surface area contributed by atoms with E-state index >= 15 is 0 Å². The van der Waals surface area contributed by atoms with Gasteiger partial charge < -0.3 is 25.8 Å². The molecule has 1 aliphatic rings. The summed E-state index contributed by atoms with van der Waals surface area (Å²) < 4.78 is 10.6. The molecule has 0 aliphatic carbocycles. The maximum Gasteiger partial charge on any atom is 0.243 e. The van der Waals surface area contributed by atoms with E-state index in [-0.39, 0.29) is 24.3 Å². The van der Waals surface area contributed by atoms with Crippen molar-refractivity contribution in [3.8, 4) is 5.75 Å². The molecule has 2 rings (SSSR count). The highest BCUT2D eigenvalue weighted by atomic mass is 16.5. The molecule has 1 unspecified atom stereocenters. The molecule has 0 spiro atoms. The summed E-state index contributed by atoms with van der Waals surface area (Å²) in [4.78, 5) is 24.0. The highest BCUT2D eigenvalue weighted by Gasteiger charge is 2.26. The van der Waals surface area contributed by atoms with E-state index in [0.29, 0.717) is 25.5 Å². The predicted octanol–water partition coefficient (Wildman–Crippen LogP) is 0.894. The van der Waals surface area contributed by atoms with Gasteiger partial charge in [-0.05, 0) is 49.9 Å². The number of rotatable bonds is 7. The van der Waals surface area contributed by atoms with Gasteiger partial charge in [-0.15, -0.1) is 0 Å². The first-order chi connectivity index (χ1) is 11.6.